The van der Waals surface area contributed by atoms with Crippen molar-refractivity contribution in [3.63, 3.8) is 0 Å². The van der Waals surface area contributed by atoms with Crippen LogP contribution in [0, 0.1) is 10.1 Å². The van der Waals surface area contributed by atoms with Crippen molar-refractivity contribution in [2.24, 2.45) is 5.10 Å². The Bertz CT molecular complexity index is 1020. The molecule has 1 amide bonds. The molecule has 8 nitrogen and oxygen atoms in total. The molecule has 0 saturated heterocycles. The molecule has 136 valence electrons. The predicted octanol–water partition coefficient (Wildman–Crippen LogP) is 3.31. The molecule has 0 atom stereocenters. The number of rotatable bonds is 4. The van der Waals surface area contributed by atoms with Crippen LogP contribution in [0.4, 0.5) is 11.4 Å². The molecule has 0 unspecified atom stereocenters. The number of phenols is 1. The van der Waals surface area contributed by atoms with Crippen molar-refractivity contribution in [3.05, 3.63) is 69.3 Å². The molecule has 0 aliphatic carbocycles. The van der Waals surface area contributed by atoms with Crippen LogP contribution in [-0.4, -0.2) is 27.4 Å². The summed E-state index contributed by atoms with van der Waals surface area (Å²) in [6, 6.07) is 10.3. The van der Waals surface area contributed by atoms with Crippen LogP contribution in [0.1, 0.15) is 29.8 Å². The first-order chi connectivity index (χ1) is 12.8. The summed E-state index contributed by atoms with van der Waals surface area (Å²) < 4.78 is 0. The average molecular weight is 365 g/mol. The second-order valence-electron chi connectivity index (χ2n) is 5.97. The standard InChI is InChI=1S/C19H15N3O5/c1-11-16(9-13-3-8-18(24)17(10-13)22(26)27)19(25)21(20-11)15-6-4-14(5-7-15)12(2)23/h3-10,24H,1-2H3/b16-9+. The molecule has 27 heavy (non-hydrogen) atoms. The molecule has 8 heteroatoms. The molecule has 2 aromatic rings. The highest BCUT2D eigenvalue weighted by molar-refractivity contribution is 6.32. The van der Waals surface area contributed by atoms with Gasteiger partial charge in [0.1, 0.15) is 0 Å². The number of Topliss-reactive ketones (excluding diaryl/α,β-unsaturated/α-hetero) is 1. The number of amides is 1. The van der Waals surface area contributed by atoms with Gasteiger partial charge in [0.05, 0.1) is 21.9 Å². The number of nitro groups is 1. The van der Waals surface area contributed by atoms with E-state index < -0.39 is 16.4 Å². The lowest BCUT2D eigenvalue weighted by Crippen LogP contribution is -2.21. The van der Waals surface area contributed by atoms with Crippen LogP contribution >= 0.6 is 0 Å². The third kappa shape index (κ3) is 3.45. The first-order valence-electron chi connectivity index (χ1n) is 7.98. The van der Waals surface area contributed by atoms with Gasteiger partial charge in [-0.3, -0.25) is 19.7 Å². The summed E-state index contributed by atoms with van der Waals surface area (Å²) in [7, 11) is 0. The van der Waals surface area contributed by atoms with Gasteiger partial charge in [-0.15, -0.1) is 0 Å². The quantitative estimate of drug-likeness (QED) is 0.386. The maximum absolute atomic E-state index is 12.7. The van der Waals surface area contributed by atoms with Gasteiger partial charge in [-0.05, 0) is 55.8 Å². The third-order valence-electron chi connectivity index (χ3n) is 4.09. The van der Waals surface area contributed by atoms with Crippen molar-refractivity contribution in [1.82, 2.24) is 0 Å². The largest absolute Gasteiger partial charge is 0.502 e. The van der Waals surface area contributed by atoms with Gasteiger partial charge in [-0.2, -0.15) is 10.1 Å². The first kappa shape index (κ1) is 18.0. The van der Waals surface area contributed by atoms with Gasteiger partial charge in [-0.1, -0.05) is 6.07 Å². The van der Waals surface area contributed by atoms with E-state index in [1.807, 2.05) is 0 Å². The van der Waals surface area contributed by atoms with E-state index in [4.69, 9.17) is 0 Å². The van der Waals surface area contributed by atoms with E-state index in [1.165, 1.54) is 36.2 Å². The Hall–Kier alpha value is -3.81. The van der Waals surface area contributed by atoms with Crippen LogP contribution < -0.4 is 5.01 Å². The minimum atomic E-state index is -0.697. The van der Waals surface area contributed by atoms with Gasteiger partial charge >= 0.3 is 5.69 Å². The lowest BCUT2D eigenvalue weighted by Gasteiger charge is -2.12. The molecule has 0 fully saturated rings. The van der Waals surface area contributed by atoms with E-state index in [0.29, 0.717) is 22.5 Å². The minimum Gasteiger partial charge on any atom is -0.502 e. The molecule has 1 aliphatic heterocycles. The van der Waals surface area contributed by atoms with Crippen molar-refractivity contribution in [1.29, 1.82) is 0 Å². The number of ketones is 1. The van der Waals surface area contributed by atoms with Crippen LogP contribution in [0.25, 0.3) is 6.08 Å². The van der Waals surface area contributed by atoms with Gasteiger partial charge in [-0.25, -0.2) is 0 Å². The van der Waals surface area contributed by atoms with E-state index in [9.17, 15) is 24.8 Å². The Morgan fingerprint density at radius 2 is 1.89 bits per heavy atom. The van der Waals surface area contributed by atoms with Crippen molar-refractivity contribution in [3.8, 4) is 5.75 Å². The van der Waals surface area contributed by atoms with Crippen LogP contribution in [0.15, 0.2) is 53.1 Å². The monoisotopic (exact) mass is 365 g/mol. The zero-order chi connectivity index (χ0) is 19.7. The number of phenolic OH excluding ortho intramolecular Hbond substituents is 1. The number of nitro benzene ring substituents is 1. The minimum absolute atomic E-state index is 0.0801. The molecule has 0 saturated carbocycles. The Morgan fingerprint density at radius 3 is 2.48 bits per heavy atom. The molecule has 0 radical (unpaired) electrons. The van der Waals surface area contributed by atoms with Crippen LogP contribution in [0.2, 0.25) is 0 Å². The lowest BCUT2D eigenvalue weighted by molar-refractivity contribution is -0.385. The summed E-state index contributed by atoms with van der Waals surface area (Å²) in [5.41, 5.74) is 1.71. The maximum Gasteiger partial charge on any atom is 0.311 e. The normalized spacial score (nSPS) is 15.2. The smallest absolute Gasteiger partial charge is 0.311 e. The number of benzene rings is 2. The summed E-state index contributed by atoms with van der Waals surface area (Å²) in [6.07, 6.45) is 1.48. The summed E-state index contributed by atoms with van der Waals surface area (Å²) in [6.45, 7) is 3.11. The fourth-order valence-corrected chi connectivity index (χ4v) is 2.64. The average Bonchev–Trinajstić information content (AvgIpc) is 2.91. The van der Waals surface area contributed by atoms with Crippen LogP contribution in [0.3, 0.4) is 0 Å². The van der Waals surface area contributed by atoms with Crippen molar-refractivity contribution < 1.29 is 19.6 Å². The van der Waals surface area contributed by atoms with E-state index >= 15 is 0 Å². The molecular weight excluding hydrogens is 350 g/mol. The second kappa shape index (κ2) is 6.83. The van der Waals surface area contributed by atoms with Crippen molar-refractivity contribution in [2.75, 3.05) is 5.01 Å². The fraction of sp³-hybridized carbons (Fsp3) is 0.105. The van der Waals surface area contributed by atoms with Crippen molar-refractivity contribution in [2.45, 2.75) is 13.8 Å². The molecule has 2 aromatic carbocycles. The highest BCUT2D eigenvalue weighted by atomic mass is 16.6. The first-order valence-corrected chi connectivity index (χ1v) is 7.98. The Morgan fingerprint density at radius 1 is 1.22 bits per heavy atom. The highest BCUT2D eigenvalue weighted by Crippen LogP contribution is 2.29. The summed E-state index contributed by atoms with van der Waals surface area (Å²) in [5.74, 6) is -0.917. The van der Waals surface area contributed by atoms with Gasteiger partial charge in [0.25, 0.3) is 5.91 Å². The van der Waals surface area contributed by atoms with Gasteiger partial charge in [0.2, 0.25) is 0 Å². The SMILES string of the molecule is CC(=O)c1ccc(N2N=C(C)/C(=C\c3ccc(O)c([N+](=O)[O-])c3)C2=O)cc1. The molecule has 1 N–H and O–H groups in total. The fourth-order valence-electron chi connectivity index (χ4n) is 2.64. The Kier molecular flexibility index (Phi) is 4.55. The molecular formula is C19H15N3O5. The number of hydrogen-bond donors (Lipinski definition) is 1. The van der Waals surface area contributed by atoms with E-state index in [2.05, 4.69) is 5.10 Å². The number of anilines is 1. The molecule has 3 rings (SSSR count). The molecule has 0 spiro atoms. The summed E-state index contributed by atoms with van der Waals surface area (Å²) >= 11 is 0. The van der Waals surface area contributed by atoms with Gasteiger partial charge in [0, 0.05) is 11.6 Å². The van der Waals surface area contributed by atoms with Crippen LogP contribution in [0.5, 0.6) is 5.75 Å². The third-order valence-corrected chi connectivity index (χ3v) is 4.09. The van der Waals surface area contributed by atoms with Crippen LogP contribution in [-0.2, 0) is 4.79 Å². The summed E-state index contributed by atoms with van der Waals surface area (Å²) in [4.78, 5) is 34.3. The summed E-state index contributed by atoms with van der Waals surface area (Å²) in [5, 5.41) is 25.9. The van der Waals surface area contributed by atoms with Gasteiger partial charge in [0.15, 0.2) is 11.5 Å². The molecule has 0 bridgehead atoms. The number of carbonyl (C=O) groups is 2. The second-order valence-corrected chi connectivity index (χ2v) is 5.97. The predicted molar refractivity (Wildman–Crippen MR) is 99.8 cm³/mol. The van der Waals surface area contributed by atoms with Gasteiger partial charge < -0.3 is 5.11 Å². The zero-order valence-corrected chi connectivity index (χ0v) is 14.5. The maximum atomic E-state index is 12.7. The zero-order valence-electron chi connectivity index (χ0n) is 14.5. The van der Waals surface area contributed by atoms with E-state index in [0.717, 1.165) is 0 Å². The highest BCUT2D eigenvalue weighted by Gasteiger charge is 2.29. The lowest BCUT2D eigenvalue weighted by atomic mass is 10.1. The Labute approximate surface area is 154 Å². The van der Waals surface area contributed by atoms with E-state index in [1.54, 1.807) is 31.2 Å². The number of hydrazone groups is 1. The number of hydrogen-bond acceptors (Lipinski definition) is 6. The van der Waals surface area contributed by atoms with E-state index in [-0.39, 0.29) is 17.3 Å². The molecule has 1 heterocycles. The van der Waals surface area contributed by atoms with Crippen molar-refractivity contribution >= 4 is 34.9 Å². The molecule has 0 aromatic heterocycles. The number of aromatic hydroxyl groups is 1. The number of carbonyl (C=O) groups excluding carboxylic acids is 2. The Balaban J connectivity index is 1.93. The number of nitrogens with zero attached hydrogens (tertiary/aromatic N) is 3. The topological polar surface area (TPSA) is 113 Å². The molecule has 1 aliphatic rings.